The number of carbonyl (C=O) groups is 2. The molecule has 1 aliphatic heterocycles. The minimum atomic E-state index is -4.04. The molecule has 0 saturated heterocycles. The van der Waals surface area contributed by atoms with Gasteiger partial charge >= 0.3 is 11.9 Å². The van der Waals surface area contributed by atoms with Gasteiger partial charge in [0, 0.05) is 18.0 Å². The summed E-state index contributed by atoms with van der Waals surface area (Å²) >= 11 is 6.39. The third-order valence-corrected chi connectivity index (χ3v) is 9.00. The van der Waals surface area contributed by atoms with Gasteiger partial charge in [-0.05, 0) is 69.5 Å². The second kappa shape index (κ2) is 9.65. The van der Waals surface area contributed by atoms with Gasteiger partial charge in [0.15, 0.2) is 5.41 Å². The van der Waals surface area contributed by atoms with Gasteiger partial charge in [-0.1, -0.05) is 47.0 Å². The molecule has 0 bridgehead atoms. The first-order valence-electron chi connectivity index (χ1n) is 11.9. The molecule has 0 amide bonds. The van der Waals surface area contributed by atoms with Crippen LogP contribution in [0.15, 0.2) is 59.0 Å². The van der Waals surface area contributed by atoms with Crippen molar-refractivity contribution in [2.75, 3.05) is 19.8 Å². The van der Waals surface area contributed by atoms with Crippen molar-refractivity contribution in [3.8, 4) is 0 Å². The van der Waals surface area contributed by atoms with Crippen LogP contribution in [0.3, 0.4) is 0 Å². The van der Waals surface area contributed by atoms with Crippen LogP contribution in [0.4, 0.5) is 0 Å². The third kappa shape index (κ3) is 4.25. The minimum absolute atomic E-state index is 0.0181. The number of fused-ring (bicyclic) bond motifs is 2. The Morgan fingerprint density at radius 1 is 1.00 bits per heavy atom. The van der Waals surface area contributed by atoms with Crippen LogP contribution in [0.2, 0.25) is 5.02 Å². The number of aryl methyl sites for hydroxylation is 1. The van der Waals surface area contributed by atoms with Gasteiger partial charge in [-0.3, -0.25) is 9.59 Å². The van der Waals surface area contributed by atoms with E-state index in [0.29, 0.717) is 16.1 Å². The van der Waals surface area contributed by atoms with E-state index in [0.717, 1.165) is 11.1 Å². The molecule has 0 N–H and O–H groups in total. The van der Waals surface area contributed by atoms with E-state index in [-0.39, 0.29) is 37.5 Å². The van der Waals surface area contributed by atoms with Crippen molar-refractivity contribution in [2.45, 2.75) is 51.0 Å². The Morgan fingerprint density at radius 3 is 2.19 bits per heavy atom. The second-order valence-electron chi connectivity index (χ2n) is 9.42. The van der Waals surface area contributed by atoms with Crippen LogP contribution in [0.5, 0.6) is 0 Å². The highest BCUT2D eigenvalue weighted by atomic mass is 35.5. The van der Waals surface area contributed by atoms with Crippen LogP contribution in [-0.2, 0) is 41.0 Å². The number of sulfonamides is 1. The molecule has 192 valence electrons. The molecular formula is C27H30ClNO6S. The Morgan fingerprint density at radius 2 is 1.61 bits per heavy atom. The van der Waals surface area contributed by atoms with Crippen molar-refractivity contribution in [1.29, 1.82) is 0 Å². The monoisotopic (exact) mass is 531 g/mol. The Hall–Kier alpha value is -2.68. The van der Waals surface area contributed by atoms with Gasteiger partial charge < -0.3 is 9.47 Å². The van der Waals surface area contributed by atoms with Crippen molar-refractivity contribution in [1.82, 2.24) is 4.31 Å². The molecule has 2 aromatic rings. The summed E-state index contributed by atoms with van der Waals surface area (Å²) in [4.78, 5) is 27.0. The lowest BCUT2D eigenvalue weighted by atomic mass is 9.63. The van der Waals surface area contributed by atoms with Gasteiger partial charge in [-0.2, -0.15) is 4.31 Å². The topological polar surface area (TPSA) is 90.0 Å². The summed E-state index contributed by atoms with van der Waals surface area (Å²) in [5.74, 6) is -1.46. The highest BCUT2D eigenvalue weighted by Crippen LogP contribution is 2.54. The molecule has 2 aliphatic rings. The van der Waals surface area contributed by atoms with Gasteiger partial charge in [0.25, 0.3) is 0 Å². The molecule has 2 aromatic carbocycles. The lowest BCUT2D eigenvalue weighted by Crippen LogP contribution is -2.57. The third-order valence-electron chi connectivity index (χ3n) is 6.87. The molecule has 9 heteroatoms. The van der Waals surface area contributed by atoms with E-state index in [4.69, 9.17) is 21.1 Å². The molecule has 0 fully saturated rings. The number of hydrogen-bond donors (Lipinski definition) is 0. The summed E-state index contributed by atoms with van der Waals surface area (Å²) in [5, 5.41) is 0.429. The van der Waals surface area contributed by atoms with Crippen LogP contribution in [0.1, 0.15) is 43.9 Å². The highest BCUT2D eigenvalue weighted by molar-refractivity contribution is 7.89. The normalized spacial score (nSPS) is 21.1. The fraction of sp³-hybridized carbons (Fsp3) is 0.407. The number of carbonyl (C=O) groups excluding carboxylic acids is 2. The van der Waals surface area contributed by atoms with E-state index >= 15 is 0 Å². The van der Waals surface area contributed by atoms with Crippen molar-refractivity contribution >= 4 is 33.6 Å². The van der Waals surface area contributed by atoms with E-state index in [1.165, 1.54) is 4.31 Å². The number of ether oxygens (including phenoxy) is 2. The van der Waals surface area contributed by atoms with Gasteiger partial charge in [0.2, 0.25) is 10.0 Å². The zero-order valence-corrected chi connectivity index (χ0v) is 22.4. The van der Waals surface area contributed by atoms with E-state index in [1.807, 2.05) is 19.9 Å². The molecule has 7 nitrogen and oxygen atoms in total. The SMILES string of the molecule is CCOC(=O)C1(C(=O)OCC)Cc2ccc(Cl)cc2C2(C=C(C)CN2S(=O)(=O)c2ccc(C)cc2)C1. The quantitative estimate of drug-likeness (QED) is 0.308. The summed E-state index contributed by atoms with van der Waals surface area (Å²) in [6.07, 6.45) is 1.69. The Labute approximate surface area is 217 Å². The van der Waals surface area contributed by atoms with Crippen molar-refractivity contribution in [2.24, 2.45) is 5.41 Å². The molecule has 4 rings (SSSR count). The molecule has 1 heterocycles. The maximum Gasteiger partial charge on any atom is 0.323 e. The summed E-state index contributed by atoms with van der Waals surface area (Å²) in [5.41, 5.74) is -0.0626. The van der Waals surface area contributed by atoms with Crippen LogP contribution < -0.4 is 0 Å². The fourth-order valence-corrected chi connectivity index (χ4v) is 7.27. The lowest BCUT2D eigenvalue weighted by Gasteiger charge is -2.47. The van der Waals surface area contributed by atoms with E-state index in [2.05, 4.69) is 0 Å². The first kappa shape index (κ1) is 26.4. The van der Waals surface area contributed by atoms with E-state index < -0.39 is 32.9 Å². The highest BCUT2D eigenvalue weighted by Gasteiger charge is 2.62. The fourth-order valence-electron chi connectivity index (χ4n) is 5.34. The zero-order chi connectivity index (χ0) is 26.3. The molecule has 1 unspecified atom stereocenters. The number of nitrogens with zero attached hydrogens (tertiary/aromatic N) is 1. The molecule has 0 saturated carbocycles. The Balaban J connectivity index is 1.99. The van der Waals surface area contributed by atoms with Crippen molar-refractivity contribution < 1.29 is 27.5 Å². The van der Waals surface area contributed by atoms with Crippen LogP contribution >= 0.6 is 11.6 Å². The average Bonchev–Trinajstić information content (AvgIpc) is 3.17. The maximum absolute atomic E-state index is 14.1. The smallest absolute Gasteiger partial charge is 0.323 e. The largest absolute Gasteiger partial charge is 0.465 e. The molecule has 36 heavy (non-hydrogen) atoms. The molecule has 1 atom stereocenters. The number of halogens is 1. The van der Waals surface area contributed by atoms with E-state index in [1.54, 1.807) is 56.3 Å². The first-order valence-corrected chi connectivity index (χ1v) is 13.7. The standard InChI is InChI=1S/C27H30ClNO6S/c1-5-34-24(30)26(25(31)35-6-2)15-20-9-10-21(28)13-23(20)27(17-26)14-19(4)16-29(27)36(32,33)22-11-7-18(3)8-12-22/h7-14H,5-6,15-17H2,1-4H3. The zero-order valence-electron chi connectivity index (χ0n) is 20.8. The predicted octanol–water partition coefficient (Wildman–Crippen LogP) is 4.55. The predicted molar refractivity (Wildman–Crippen MR) is 136 cm³/mol. The van der Waals surface area contributed by atoms with Gasteiger partial charge in [0.1, 0.15) is 0 Å². The van der Waals surface area contributed by atoms with Crippen molar-refractivity contribution in [3.63, 3.8) is 0 Å². The summed E-state index contributed by atoms with van der Waals surface area (Å²) in [6, 6.07) is 11.8. The molecule has 0 radical (unpaired) electrons. The minimum Gasteiger partial charge on any atom is -0.465 e. The number of rotatable bonds is 6. The van der Waals surface area contributed by atoms with E-state index in [9.17, 15) is 18.0 Å². The van der Waals surface area contributed by atoms with Crippen LogP contribution in [0, 0.1) is 12.3 Å². The van der Waals surface area contributed by atoms with Crippen LogP contribution in [0.25, 0.3) is 0 Å². The summed E-state index contributed by atoms with van der Waals surface area (Å²) < 4.78 is 40.3. The second-order valence-corrected chi connectivity index (χ2v) is 11.7. The molecular weight excluding hydrogens is 502 g/mol. The van der Waals surface area contributed by atoms with Gasteiger partial charge in [-0.15, -0.1) is 0 Å². The Kier molecular flexibility index (Phi) is 7.07. The molecule has 1 spiro atoms. The number of esters is 2. The molecule has 1 aliphatic carbocycles. The number of hydrogen-bond acceptors (Lipinski definition) is 6. The van der Waals surface area contributed by atoms with Crippen LogP contribution in [-0.4, -0.2) is 44.4 Å². The lowest BCUT2D eigenvalue weighted by molar-refractivity contribution is -0.175. The Bertz CT molecular complexity index is 1320. The summed E-state index contributed by atoms with van der Waals surface area (Å²) in [7, 11) is -4.04. The van der Waals surface area contributed by atoms with Gasteiger partial charge in [0.05, 0.1) is 23.6 Å². The first-order chi connectivity index (χ1) is 17.0. The number of benzene rings is 2. The van der Waals surface area contributed by atoms with Crippen molar-refractivity contribution in [3.05, 3.63) is 75.8 Å². The summed E-state index contributed by atoms with van der Waals surface area (Å²) in [6.45, 7) is 7.28. The maximum atomic E-state index is 14.1. The molecule has 0 aromatic heterocycles. The van der Waals surface area contributed by atoms with Gasteiger partial charge in [-0.25, -0.2) is 8.42 Å². The average molecular weight is 532 g/mol.